The Labute approximate surface area is 495 Å². The molecule has 16 N–H and O–H groups in total. The lowest BCUT2D eigenvalue weighted by atomic mass is 9.72. The van der Waals surface area contributed by atoms with Gasteiger partial charge in [0.1, 0.15) is 146 Å². The van der Waals surface area contributed by atoms with Gasteiger partial charge in [-0.05, 0) is 57.1 Å². The zero-order chi connectivity index (χ0) is 62.2. The summed E-state index contributed by atoms with van der Waals surface area (Å²) in [6.45, 7) is 5.23. The Hall–Kier alpha value is -2.50. The van der Waals surface area contributed by atoms with Crippen LogP contribution in [0.5, 0.6) is 0 Å². The monoisotopic (exact) mass is 1240 g/mol. The number of aliphatic hydroxyl groups excluding tert-OH is 16. The Balaban J connectivity index is 1.05. The molecule has 23 aliphatic heterocycles. The van der Waals surface area contributed by atoms with Crippen molar-refractivity contribution in [1.29, 1.82) is 0 Å². The van der Waals surface area contributed by atoms with Gasteiger partial charge in [-0.25, -0.2) is 0 Å². The lowest BCUT2D eigenvalue weighted by molar-refractivity contribution is -0.403. The molecule has 1 aliphatic carbocycles. The highest BCUT2D eigenvalue weighted by Gasteiger charge is 2.59. The normalized spacial score (nSPS) is 49.4. The largest absolute Gasteiger partial charge is 0.394 e. The van der Waals surface area contributed by atoms with Gasteiger partial charge in [0.25, 0.3) is 0 Å². The van der Waals surface area contributed by atoms with Crippen molar-refractivity contribution in [3.63, 3.8) is 0 Å². The van der Waals surface area contributed by atoms with Crippen molar-refractivity contribution >= 4 is 0 Å². The van der Waals surface area contributed by atoms with E-state index in [0.29, 0.717) is 5.57 Å². The average Bonchev–Trinajstić information content (AvgIpc) is 1.38. The third-order valence-electron chi connectivity index (χ3n) is 17.3. The summed E-state index contributed by atoms with van der Waals surface area (Å²) in [5, 5.41) is 181. The van der Waals surface area contributed by atoms with E-state index < -0.39 is 230 Å². The van der Waals surface area contributed by atoms with Crippen molar-refractivity contribution in [2.75, 3.05) is 39.6 Å². The summed E-state index contributed by atoms with van der Waals surface area (Å²) >= 11 is 0. The molecule has 0 radical (unpaired) electrons. The molecular weight excluding hydrogens is 1150 g/mol. The molecule has 30 heteroatoms. The van der Waals surface area contributed by atoms with E-state index in [1.54, 1.807) is 19.1 Å². The molecule has 23 heterocycles. The van der Waals surface area contributed by atoms with Crippen molar-refractivity contribution in [3.05, 3.63) is 58.7 Å². The molecule has 86 heavy (non-hydrogen) atoms. The van der Waals surface area contributed by atoms with Gasteiger partial charge in [-0.3, -0.25) is 0 Å². The second kappa shape index (κ2) is 29.0. The Morgan fingerprint density at radius 1 is 0.430 bits per heavy atom. The third kappa shape index (κ3) is 14.4. The molecule has 24 rings (SSSR count). The van der Waals surface area contributed by atoms with E-state index in [2.05, 4.69) is 26.8 Å². The van der Waals surface area contributed by atoms with Gasteiger partial charge in [0, 0.05) is 0 Å². The molecule has 0 aromatic carbocycles. The molecule has 490 valence electrons. The summed E-state index contributed by atoms with van der Waals surface area (Å²) in [6, 6.07) is 0. The van der Waals surface area contributed by atoms with Gasteiger partial charge in [-0.2, -0.15) is 0 Å². The SMILES string of the molecule is CC1=C(/C=C/C(C)=C/C=C/C(C)=C/[C@@H]2OCC3OC4OC5C(CO2)OC(OC2C(CO)OC(OC6C(CO)OC(OC7C(CO)OC(OC8C(CO)OC(OC3C(O)C4O)C(O)C8O)C(O)C7O)C(O)C6O)C(O)C2O)C(O)C5O)C(C)(C)CCC1. The fraction of sp³-hybridized carbons (Fsp3) is 0.821. The maximum Gasteiger partial charge on any atom is 0.187 e. The van der Waals surface area contributed by atoms with E-state index in [4.69, 9.17) is 66.3 Å². The molecule has 31 atom stereocenters. The molecule has 24 aliphatic rings. The number of allylic oxidation sites excluding steroid dienone is 9. The van der Waals surface area contributed by atoms with Gasteiger partial charge in [0.05, 0.1) is 39.6 Å². The standard InChI is InChI=1S/C56H86O30/c1-21(11-12-24-23(3)10-7-13-56(24,4)5)8-6-9-22(2)14-31-73-19-29-48-37(66)43(72)55(80-29)86-49-30(20-74-31)79-54(42(71)36(49)65)84-47-28(18-60)77-52(40(69)34(47)63)82-45-26(16-58)75-50(38(67)32(45)61)81-44-25(15-57)76-51(39(68)33(44)62)83-46-27(17-59)78-53(85-48)41(70)35(46)64/h6,8-9,11-12,14,25-55,57-72H,7,10,13,15-20H2,1-5H3/b9-6+,12-11+,21-8+,22-14+/t25?,26?,27?,28?,29?,30?,31-,32?,33?,34?,35?,36?,37?,38?,39?,40?,41?,42?,43?,44?,45?,46?,47?,48?,49?,50?,51?,52?,53?,54?,55?/m1/s1. The minimum atomic E-state index is -2.15. The fourth-order valence-corrected chi connectivity index (χ4v) is 12.3. The highest BCUT2D eigenvalue weighted by molar-refractivity contribution is 5.37. The predicted molar refractivity (Wildman–Crippen MR) is 283 cm³/mol. The topological polar surface area (TPSA) is 453 Å². The zero-order valence-corrected chi connectivity index (χ0v) is 48.1. The first-order chi connectivity index (χ1) is 40.9. The molecule has 14 bridgehead atoms. The third-order valence-corrected chi connectivity index (χ3v) is 17.3. The van der Waals surface area contributed by atoms with Crippen LogP contribution in [0, 0.1) is 5.41 Å². The smallest absolute Gasteiger partial charge is 0.187 e. The fourth-order valence-electron chi connectivity index (χ4n) is 12.3. The molecular formula is C56H86O30. The maximum absolute atomic E-state index is 11.9. The molecule has 23 fully saturated rings. The predicted octanol–water partition coefficient (Wildman–Crippen LogP) is -6.13. The van der Waals surface area contributed by atoms with E-state index in [9.17, 15) is 81.7 Å². The molecule has 0 amide bonds. The van der Waals surface area contributed by atoms with E-state index in [0.717, 1.165) is 24.8 Å². The summed E-state index contributed by atoms with van der Waals surface area (Å²) < 4.78 is 83.8. The quantitative estimate of drug-likeness (QED) is 0.0955. The highest BCUT2D eigenvalue weighted by Crippen LogP contribution is 2.42. The van der Waals surface area contributed by atoms with Crippen LogP contribution in [0.25, 0.3) is 0 Å². The van der Waals surface area contributed by atoms with Crippen LogP contribution in [0.2, 0.25) is 0 Å². The van der Waals surface area contributed by atoms with Crippen LogP contribution in [0.4, 0.5) is 0 Å². The molecule has 30 unspecified atom stereocenters. The van der Waals surface area contributed by atoms with E-state index in [1.807, 2.05) is 25.2 Å². The molecule has 0 spiro atoms. The van der Waals surface area contributed by atoms with E-state index in [1.165, 1.54) is 11.1 Å². The summed E-state index contributed by atoms with van der Waals surface area (Å²) in [5.41, 5.74) is 4.21. The summed E-state index contributed by atoms with van der Waals surface area (Å²) in [5.74, 6) is 0. The number of hydrogen-bond donors (Lipinski definition) is 16. The van der Waals surface area contributed by atoms with Crippen LogP contribution in [0.15, 0.2) is 58.7 Å². The van der Waals surface area contributed by atoms with Gasteiger partial charge < -0.3 is 148 Å². The number of aliphatic hydroxyl groups is 16. The maximum atomic E-state index is 11.9. The van der Waals surface area contributed by atoms with Crippen LogP contribution < -0.4 is 0 Å². The minimum Gasteiger partial charge on any atom is -0.394 e. The summed E-state index contributed by atoms with van der Waals surface area (Å²) in [4.78, 5) is 0. The first-order valence-corrected chi connectivity index (χ1v) is 29.0. The van der Waals surface area contributed by atoms with Crippen LogP contribution in [0.3, 0.4) is 0 Å². The first-order valence-electron chi connectivity index (χ1n) is 29.0. The van der Waals surface area contributed by atoms with Crippen molar-refractivity contribution in [1.82, 2.24) is 0 Å². The Kier molecular flexibility index (Phi) is 22.9. The summed E-state index contributed by atoms with van der Waals surface area (Å²) in [6.07, 6.45) is -44.6. The lowest BCUT2D eigenvalue weighted by Gasteiger charge is -2.50. The van der Waals surface area contributed by atoms with Crippen molar-refractivity contribution in [2.45, 2.75) is 244 Å². The molecule has 30 nitrogen and oxygen atoms in total. The van der Waals surface area contributed by atoms with Crippen LogP contribution in [-0.4, -0.2) is 312 Å². The van der Waals surface area contributed by atoms with Crippen molar-refractivity contribution in [3.8, 4) is 0 Å². The van der Waals surface area contributed by atoms with Crippen molar-refractivity contribution < 1.29 is 148 Å². The molecule has 23 saturated heterocycles. The molecule has 0 aromatic rings. The van der Waals surface area contributed by atoms with E-state index in [-0.39, 0.29) is 5.41 Å². The van der Waals surface area contributed by atoms with Crippen LogP contribution >= 0.6 is 0 Å². The zero-order valence-electron chi connectivity index (χ0n) is 48.1. The number of rotatable bonds is 9. The Morgan fingerprint density at radius 2 is 0.756 bits per heavy atom. The van der Waals surface area contributed by atoms with Gasteiger partial charge in [-0.1, -0.05) is 60.9 Å². The Morgan fingerprint density at radius 3 is 1.09 bits per heavy atom. The van der Waals surface area contributed by atoms with Gasteiger partial charge in [-0.15, -0.1) is 0 Å². The second-order valence-electron chi connectivity index (χ2n) is 24.0. The van der Waals surface area contributed by atoms with E-state index >= 15 is 0 Å². The average molecular weight is 1240 g/mol. The Bertz CT molecular complexity index is 2360. The molecule has 0 saturated carbocycles. The van der Waals surface area contributed by atoms with Crippen LogP contribution in [-0.2, 0) is 66.3 Å². The number of ether oxygens (including phenoxy) is 14. The van der Waals surface area contributed by atoms with Crippen LogP contribution in [0.1, 0.15) is 53.9 Å². The van der Waals surface area contributed by atoms with Gasteiger partial charge >= 0.3 is 0 Å². The minimum absolute atomic E-state index is 0.0370. The van der Waals surface area contributed by atoms with Crippen molar-refractivity contribution in [2.24, 2.45) is 5.41 Å². The second-order valence-corrected chi connectivity index (χ2v) is 24.0. The van der Waals surface area contributed by atoms with Gasteiger partial charge in [0.2, 0.25) is 0 Å². The summed E-state index contributed by atoms with van der Waals surface area (Å²) in [7, 11) is 0. The highest BCUT2D eigenvalue weighted by atomic mass is 16.8. The first kappa shape index (κ1) is 67.9. The lowest BCUT2D eigenvalue weighted by Crippen LogP contribution is -2.69. The molecule has 0 aromatic heterocycles. The number of hydrogen-bond acceptors (Lipinski definition) is 30. The van der Waals surface area contributed by atoms with Gasteiger partial charge in [0.15, 0.2) is 44.0 Å².